The molecule has 0 bridgehead atoms. The number of hydrogen-bond acceptors (Lipinski definition) is 5. The van der Waals surface area contributed by atoms with Gasteiger partial charge < -0.3 is 14.4 Å². The van der Waals surface area contributed by atoms with Gasteiger partial charge in [0.05, 0.1) is 6.54 Å². The summed E-state index contributed by atoms with van der Waals surface area (Å²) < 4.78 is 10.8. The van der Waals surface area contributed by atoms with Gasteiger partial charge in [-0.15, -0.1) is 0 Å². The van der Waals surface area contributed by atoms with E-state index in [9.17, 15) is 9.59 Å². The van der Waals surface area contributed by atoms with Crippen molar-refractivity contribution in [3.8, 4) is 5.88 Å². The average molecular weight is 292 g/mol. The lowest BCUT2D eigenvalue weighted by Gasteiger charge is -2.28. The first-order valence-electron chi connectivity index (χ1n) is 6.95. The van der Waals surface area contributed by atoms with Crippen molar-refractivity contribution in [1.82, 2.24) is 9.88 Å². The number of carbonyl (C=O) groups is 2. The highest BCUT2D eigenvalue weighted by Crippen LogP contribution is 2.21. The molecule has 0 saturated carbocycles. The van der Waals surface area contributed by atoms with E-state index in [2.05, 4.69) is 4.98 Å². The van der Waals surface area contributed by atoms with Crippen molar-refractivity contribution in [1.29, 1.82) is 0 Å². The van der Waals surface area contributed by atoms with Gasteiger partial charge in [-0.25, -0.2) is 4.98 Å². The monoisotopic (exact) mass is 292 g/mol. The van der Waals surface area contributed by atoms with Crippen LogP contribution in [0.5, 0.6) is 5.88 Å². The molecule has 0 unspecified atom stereocenters. The molecule has 1 atom stereocenters. The quantitative estimate of drug-likeness (QED) is 0.785. The molecule has 1 aromatic heterocycles. The molecule has 6 nitrogen and oxygen atoms in total. The lowest BCUT2D eigenvalue weighted by atomic mass is 10.1. The number of rotatable bonds is 4. The molecule has 1 saturated heterocycles. The van der Waals surface area contributed by atoms with E-state index >= 15 is 0 Å². The van der Waals surface area contributed by atoms with Crippen molar-refractivity contribution in [3.63, 3.8) is 0 Å². The Kier molecular flexibility index (Phi) is 4.45. The van der Waals surface area contributed by atoms with Gasteiger partial charge in [0.1, 0.15) is 6.10 Å². The third kappa shape index (κ3) is 3.93. The normalized spacial score (nSPS) is 18.4. The van der Waals surface area contributed by atoms with Crippen LogP contribution in [0.2, 0.25) is 0 Å². The number of pyridine rings is 1. The minimum absolute atomic E-state index is 0.0861. The van der Waals surface area contributed by atoms with Gasteiger partial charge >= 0.3 is 5.97 Å². The van der Waals surface area contributed by atoms with Crippen molar-refractivity contribution < 1.29 is 19.1 Å². The van der Waals surface area contributed by atoms with E-state index in [1.165, 1.54) is 6.92 Å². The number of esters is 1. The van der Waals surface area contributed by atoms with Gasteiger partial charge in [-0.3, -0.25) is 9.59 Å². The summed E-state index contributed by atoms with van der Waals surface area (Å²) in [6.45, 7) is 5.56. The van der Waals surface area contributed by atoms with E-state index in [-0.39, 0.29) is 12.0 Å². The highest BCUT2D eigenvalue weighted by Gasteiger charge is 2.38. The molecule has 6 heteroatoms. The van der Waals surface area contributed by atoms with E-state index in [0.29, 0.717) is 19.0 Å². The molecule has 21 heavy (non-hydrogen) atoms. The van der Waals surface area contributed by atoms with Gasteiger partial charge in [0.2, 0.25) is 5.88 Å². The number of likely N-dealkylation sites (tertiary alicyclic amines) is 1. The maximum Gasteiger partial charge on any atom is 0.303 e. The number of nitrogens with zero attached hydrogens (tertiary/aromatic N) is 2. The van der Waals surface area contributed by atoms with Gasteiger partial charge in [0.25, 0.3) is 5.91 Å². The first kappa shape index (κ1) is 15.3. The maximum absolute atomic E-state index is 12.4. The molecule has 1 aliphatic rings. The minimum atomic E-state index is -1.15. The molecule has 0 aliphatic carbocycles. The molecule has 1 aliphatic heterocycles. The molecular weight excluding hydrogens is 272 g/mol. The number of aromatic nitrogens is 1. The van der Waals surface area contributed by atoms with Crippen molar-refractivity contribution in [2.45, 2.75) is 38.9 Å². The highest BCUT2D eigenvalue weighted by molar-refractivity contribution is 5.87. The van der Waals surface area contributed by atoms with Crippen molar-refractivity contribution in [3.05, 3.63) is 24.4 Å². The number of carbonyl (C=O) groups excluding carboxylic acids is 2. The fraction of sp³-hybridized carbons (Fsp3) is 0.533. The zero-order chi connectivity index (χ0) is 15.5. The first-order valence-corrected chi connectivity index (χ1v) is 6.95. The van der Waals surface area contributed by atoms with E-state index in [0.717, 1.165) is 6.42 Å². The SMILES string of the molecule is CC(=O)OC(C)(C)C(=O)N1CC[C@H](Oc2ccccn2)C1. The summed E-state index contributed by atoms with van der Waals surface area (Å²) >= 11 is 0. The molecule has 2 rings (SSSR count). The van der Waals surface area contributed by atoms with E-state index in [1.807, 2.05) is 12.1 Å². The fourth-order valence-electron chi connectivity index (χ4n) is 2.38. The van der Waals surface area contributed by atoms with Crippen LogP contribution >= 0.6 is 0 Å². The second-order valence-corrected chi connectivity index (χ2v) is 5.55. The van der Waals surface area contributed by atoms with Gasteiger partial charge in [0.15, 0.2) is 5.60 Å². The summed E-state index contributed by atoms with van der Waals surface area (Å²) in [4.78, 5) is 29.2. The Hall–Kier alpha value is -2.11. The second kappa shape index (κ2) is 6.11. The minimum Gasteiger partial charge on any atom is -0.472 e. The third-order valence-electron chi connectivity index (χ3n) is 3.27. The summed E-state index contributed by atoms with van der Waals surface area (Å²) in [5, 5.41) is 0. The molecule has 2 heterocycles. The van der Waals surface area contributed by atoms with E-state index in [1.54, 1.807) is 31.0 Å². The Morgan fingerprint density at radius 1 is 1.38 bits per heavy atom. The highest BCUT2D eigenvalue weighted by atomic mass is 16.6. The predicted octanol–water partition coefficient (Wildman–Crippen LogP) is 1.40. The van der Waals surface area contributed by atoms with Crippen LogP contribution in [0.3, 0.4) is 0 Å². The number of amides is 1. The van der Waals surface area contributed by atoms with Gasteiger partial charge in [-0.1, -0.05) is 6.07 Å². The molecule has 0 aromatic carbocycles. The Bertz CT molecular complexity index is 516. The first-order chi connectivity index (χ1) is 9.88. The summed E-state index contributed by atoms with van der Waals surface area (Å²) in [7, 11) is 0. The van der Waals surface area contributed by atoms with Crippen molar-refractivity contribution >= 4 is 11.9 Å². The van der Waals surface area contributed by atoms with E-state index in [4.69, 9.17) is 9.47 Å². The van der Waals surface area contributed by atoms with Crippen LogP contribution < -0.4 is 4.74 Å². The Morgan fingerprint density at radius 3 is 2.76 bits per heavy atom. The summed E-state index contributed by atoms with van der Waals surface area (Å²) in [6.07, 6.45) is 2.31. The Labute approximate surface area is 124 Å². The Balaban J connectivity index is 1.93. The zero-order valence-corrected chi connectivity index (χ0v) is 12.5. The van der Waals surface area contributed by atoms with Crippen LogP contribution in [0.1, 0.15) is 27.2 Å². The topological polar surface area (TPSA) is 68.7 Å². The largest absolute Gasteiger partial charge is 0.472 e. The second-order valence-electron chi connectivity index (χ2n) is 5.55. The molecule has 114 valence electrons. The number of hydrogen-bond donors (Lipinski definition) is 0. The standard InChI is InChI=1S/C15H20N2O4/c1-11(18)21-15(2,3)14(19)17-9-7-12(10-17)20-13-6-4-5-8-16-13/h4-6,8,12H,7,9-10H2,1-3H3/t12-/m0/s1. The Morgan fingerprint density at radius 2 is 2.14 bits per heavy atom. The summed E-state index contributed by atoms with van der Waals surface area (Å²) in [5.41, 5.74) is -1.15. The fourth-order valence-corrected chi connectivity index (χ4v) is 2.38. The van der Waals surface area contributed by atoms with Gasteiger partial charge in [-0.2, -0.15) is 0 Å². The van der Waals surface area contributed by atoms with Crippen molar-refractivity contribution in [2.24, 2.45) is 0 Å². The lowest BCUT2D eigenvalue weighted by Crippen LogP contribution is -2.47. The molecule has 0 N–H and O–H groups in total. The zero-order valence-electron chi connectivity index (χ0n) is 12.5. The molecule has 1 fully saturated rings. The van der Waals surface area contributed by atoms with Crippen LogP contribution in [0.25, 0.3) is 0 Å². The smallest absolute Gasteiger partial charge is 0.303 e. The molecule has 1 aromatic rings. The maximum atomic E-state index is 12.4. The van der Waals surface area contributed by atoms with Gasteiger partial charge in [0, 0.05) is 32.2 Å². The summed E-state index contributed by atoms with van der Waals surface area (Å²) in [5.74, 6) is -0.116. The molecule has 0 spiro atoms. The van der Waals surface area contributed by atoms with Crippen LogP contribution in [0.4, 0.5) is 0 Å². The van der Waals surface area contributed by atoms with Crippen molar-refractivity contribution in [2.75, 3.05) is 13.1 Å². The van der Waals surface area contributed by atoms with Gasteiger partial charge in [-0.05, 0) is 19.9 Å². The van der Waals surface area contributed by atoms with Crippen LogP contribution in [-0.2, 0) is 14.3 Å². The van der Waals surface area contributed by atoms with Crippen LogP contribution in [0, 0.1) is 0 Å². The molecular formula is C15H20N2O4. The predicted molar refractivity (Wildman–Crippen MR) is 75.7 cm³/mol. The number of ether oxygens (including phenoxy) is 2. The average Bonchev–Trinajstić information content (AvgIpc) is 2.86. The summed E-state index contributed by atoms with van der Waals surface area (Å²) in [6, 6.07) is 5.45. The lowest BCUT2D eigenvalue weighted by molar-refractivity contribution is -0.168. The molecule has 0 radical (unpaired) electrons. The third-order valence-corrected chi connectivity index (χ3v) is 3.27. The van der Waals surface area contributed by atoms with E-state index < -0.39 is 11.6 Å². The van der Waals surface area contributed by atoms with Crippen LogP contribution in [-0.4, -0.2) is 46.6 Å². The van der Waals surface area contributed by atoms with Crippen LogP contribution in [0.15, 0.2) is 24.4 Å². The molecule has 1 amide bonds.